The second-order valence-electron chi connectivity index (χ2n) is 7.23. The predicted octanol–water partition coefficient (Wildman–Crippen LogP) is 4.61. The normalized spacial score (nSPS) is 15.5. The Morgan fingerprint density at radius 1 is 1.12 bits per heavy atom. The number of furan rings is 1. The molecule has 2 aromatic carbocycles. The molecule has 0 bridgehead atoms. The fourth-order valence-corrected chi connectivity index (χ4v) is 3.57. The third kappa shape index (κ3) is 4.90. The highest BCUT2D eigenvalue weighted by atomic mass is 35.5. The molecule has 4 rings (SSSR count). The standard InChI is InChI=1S/C24H21ClN2O5/c1-30-14-16-4-6-18(7-5-16)24(29)32-15-23(28)27-21(22-3-2-12-31-22)13-20(26-27)17-8-10-19(25)11-9-17/h2-12,21H,13-15H2,1H3. The summed E-state index contributed by atoms with van der Waals surface area (Å²) < 4.78 is 15.8. The number of esters is 1. The largest absolute Gasteiger partial charge is 0.467 e. The van der Waals surface area contributed by atoms with Crippen molar-refractivity contribution in [1.29, 1.82) is 0 Å². The summed E-state index contributed by atoms with van der Waals surface area (Å²) in [5.74, 6) is -0.427. The van der Waals surface area contributed by atoms with Crippen LogP contribution in [0.3, 0.4) is 0 Å². The molecule has 3 aromatic rings. The first-order chi connectivity index (χ1) is 15.5. The van der Waals surface area contributed by atoms with E-state index in [0.717, 1.165) is 16.8 Å². The van der Waals surface area contributed by atoms with Crippen molar-refractivity contribution < 1.29 is 23.5 Å². The maximum Gasteiger partial charge on any atom is 0.338 e. The van der Waals surface area contributed by atoms with Crippen LogP contribution in [0.4, 0.5) is 0 Å². The third-order valence-electron chi connectivity index (χ3n) is 5.04. The summed E-state index contributed by atoms with van der Waals surface area (Å²) in [6.07, 6.45) is 2.02. The summed E-state index contributed by atoms with van der Waals surface area (Å²) in [5.41, 5.74) is 2.86. The Hall–Kier alpha value is -3.42. The van der Waals surface area contributed by atoms with Crippen LogP contribution in [-0.4, -0.2) is 36.3 Å². The molecule has 0 fully saturated rings. The van der Waals surface area contributed by atoms with Crippen molar-refractivity contribution in [1.82, 2.24) is 5.01 Å². The van der Waals surface area contributed by atoms with Crippen LogP contribution in [0.5, 0.6) is 0 Å². The zero-order chi connectivity index (χ0) is 22.5. The number of hydrogen-bond donors (Lipinski definition) is 0. The topological polar surface area (TPSA) is 81.3 Å². The Morgan fingerprint density at radius 2 is 1.88 bits per heavy atom. The number of carbonyl (C=O) groups is 2. The van der Waals surface area contributed by atoms with Crippen LogP contribution in [0.1, 0.15) is 39.7 Å². The van der Waals surface area contributed by atoms with Gasteiger partial charge in [0.25, 0.3) is 5.91 Å². The molecule has 1 amide bonds. The molecular formula is C24H21ClN2O5. The SMILES string of the molecule is COCc1ccc(C(=O)OCC(=O)N2N=C(c3ccc(Cl)cc3)CC2c2ccco2)cc1. The molecule has 8 heteroatoms. The number of hydrazone groups is 1. The van der Waals surface area contributed by atoms with Crippen molar-refractivity contribution in [2.24, 2.45) is 5.10 Å². The van der Waals surface area contributed by atoms with Gasteiger partial charge >= 0.3 is 5.97 Å². The highest BCUT2D eigenvalue weighted by Gasteiger charge is 2.35. The van der Waals surface area contributed by atoms with Crippen molar-refractivity contribution in [2.45, 2.75) is 19.1 Å². The summed E-state index contributed by atoms with van der Waals surface area (Å²) in [4.78, 5) is 25.3. The molecule has 32 heavy (non-hydrogen) atoms. The van der Waals surface area contributed by atoms with E-state index >= 15 is 0 Å². The minimum Gasteiger partial charge on any atom is -0.467 e. The first-order valence-electron chi connectivity index (χ1n) is 9.99. The van der Waals surface area contributed by atoms with Gasteiger partial charge in [-0.15, -0.1) is 0 Å². The van der Waals surface area contributed by atoms with Gasteiger partial charge < -0.3 is 13.9 Å². The lowest BCUT2D eigenvalue weighted by Gasteiger charge is -2.19. The van der Waals surface area contributed by atoms with Crippen molar-refractivity contribution in [3.05, 3.63) is 94.4 Å². The van der Waals surface area contributed by atoms with Gasteiger partial charge in [-0.2, -0.15) is 5.10 Å². The molecular weight excluding hydrogens is 432 g/mol. The van der Waals surface area contributed by atoms with Gasteiger partial charge in [-0.1, -0.05) is 35.9 Å². The number of hydrogen-bond acceptors (Lipinski definition) is 6. The smallest absolute Gasteiger partial charge is 0.338 e. The van der Waals surface area contributed by atoms with Crippen molar-refractivity contribution in [3.8, 4) is 0 Å². The third-order valence-corrected chi connectivity index (χ3v) is 5.29. The molecule has 0 spiro atoms. The molecule has 0 saturated heterocycles. The summed E-state index contributed by atoms with van der Waals surface area (Å²) >= 11 is 5.98. The van der Waals surface area contributed by atoms with Crippen LogP contribution >= 0.6 is 11.6 Å². The van der Waals surface area contributed by atoms with Crippen LogP contribution in [0.15, 0.2) is 76.4 Å². The van der Waals surface area contributed by atoms with Crippen molar-refractivity contribution >= 4 is 29.2 Å². The lowest BCUT2D eigenvalue weighted by Crippen LogP contribution is -2.31. The lowest BCUT2D eigenvalue weighted by atomic mass is 10.0. The Balaban J connectivity index is 1.46. The van der Waals surface area contributed by atoms with Crippen LogP contribution in [0.2, 0.25) is 5.02 Å². The summed E-state index contributed by atoms with van der Waals surface area (Å²) in [7, 11) is 1.60. The average Bonchev–Trinajstić information content (AvgIpc) is 3.48. The molecule has 7 nitrogen and oxygen atoms in total. The number of halogens is 1. The van der Waals surface area contributed by atoms with E-state index in [1.54, 1.807) is 61.9 Å². The molecule has 0 aliphatic carbocycles. The van der Waals surface area contributed by atoms with Crippen LogP contribution < -0.4 is 0 Å². The molecule has 1 atom stereocenters. The number of nitrogens with zero attached hydrogens (tertiary/aromatic N) is 2. The van der Waals surface area contributed by atoms with E-state index in [1.807, 2.05) is 12.1 Å². The lowest BCUT2D eigenvalue weighted by molar-refractivity contribution is -0.136. The fourth-order valence-electron chi connectivity index (χ4n) is 3.44. The summed E-state index contributed by atoms with van der Waals surface area (Å²) in [6.45, 7) is 0.0121. The van der Waals surface area contributed by atoms with Gasteiger partial charge in [0.05, 0.1) is 24.1 Å². The molecule has 1 aliphatic rings. The summed E-state index contributed by atoms with van der Waals surface area (Å²) in [5, 5.41) is 6.43. The second kappa shape index (κ2) is 9.80. The average molecular weight is 453 g/mol. The molecule has 164 valence electrons. The Morgan fingerprint density at radius 3 is 2.53 bits per heavy atom. The second-order valence-corrected chi connectivity index (χ2v) is 7.67. The number of amides is 1. The molecule has 2 heterocycles. The van der Waals surface area contributed by atoms with E-state index in [9.17, 15) is 9.59 Å². The monoisotopic (exact) mass is 452 g/mol. The highest BCUT2D eigenvalue weighted by Crippen LogP contribution is 2.33. The first-order valence-corrected chi connectivity index (χ1v) is 10.4. The van der Waals surface area contributed by atoms with Gasteiger partial charge in [-0.3, -0.25) is 4.79 Å². The zero-order valence-corrected chi connectivity index (χ0v) is 18.1. The molecule has 1 aromatic heterocycles. The van der Waals surface area contributed by atoms with E-state index in [2.05, 4.69) is 5.10 Å². The van der Waals surface area contributed by atoms with Crippen molar-refractivity contribution in [2.75, 3.05) is 13.7 Å². The van der Waals surface area contributed by atoms with E-state index < -0.39 is 24.5 Å². The van der Waals surface area contributed by atoms with Crippen LogP contribution in [0.25, 0.3) is 0 Å². The number of benzene rings is 2. The van der Waals surface area contributed by atoms with Gasteiger partial charge in [0, 0.05) is 18.6 Å². The molecule has 1 unspecified atom stereocenters. The van der Waals surface area contributed by atoms with Gasteiger partial charge in [0.1, 0.15) is 11.8 Å². The van der Waals surface area contributed by atoms with E-state index in [0.29, 0.717) is 29.4 Å². The van der Waals surface area contributed by atoms with Gasteiger partial charge in [0.15, 0.2) is 6.61 Å². The predicted molar refractivity (Wildman–Crippen MR) is 118 cm³/mol. The van der Waals surface area contributed by atoms with E-state index in [4.69, 9.17) is 25.5 Å². The minimum atomic E-state index is -0.585. The van der Waals surface area contributed by atoms with E-state index in [1.165, 1.54) is 5.01 Å². The maximum absolute atomic E-state index is 12.9. The van der Waals surface area contributed by atoms with Gasteiger partial charge in [-0.05, 0) is 47.5 Å². The van der Waals surface area contributed by atoms with Crippen LogP contribution in [-0.2, 0) is 20.9 Å². The van der Waals surface area contributed by atoms with Gasteiger partial charge in [-0.25, -0.2) is 9.80 Å². The molecule has 0 saturated carbocycles. The maximum atomic E-state index is 12.9. The fraction of sp³-hybridized carbons (Fsp3) is 0.208. The van der Waals surface area contributed by atoms with E-state index in [-0.39, 0.29) is 0 Å². The molecule has 0 radical (unpaired) electrons. The Bertz CT molecular complexity index is 1110. The van der Waals surface area contributed by atoms with Gasteiger partial charge in [0.2, 0.25) is 0 Å². The summed E-state index contributed by atoms with van der Waals surface area (Å²) in [6, 6.07) is 17.2. The molecule has 0 N–H and O–H groups in total. The number of rotatable bonds is 7. The Kier molecular flexibility index (Phi) is 6.68. The van der Waals surface area contributed by atoms with Crippen LogP contribution in [0, 0.1) is 0 Å². The number of methoxy groups -OCH3 is 1. The highest BCUT2D eigenvalue weighted by molar-refractivity contribution is 6.30. The zero-order valence-electron chi connectivity index (χ0n) is 17.4. The quantitative estimate of drug-likeness (QED) is 0.489. The van der Waals surface area contributed by atoms with Crippen molar-refractivity contribution in [3.63, 3.8) is 0 Å². The number of carbonyl (C=O) groups excluding carboxylic acids is 2. The Labute approximate surface area is 190 Å². The number of ether oxygens (including phenoxy) is 2. The molecule has 1 aliphatic heterocycles. The minimum absolute atomic E-state index is 0.354. The first kappa shape index (κ1) is 21.8.